The molecule has 0 spiro atoms. The molecule has 84 valence electrons. The Balaban J connectivity index is 1.97. The molecule has 0 atom stereocenters. The SMILES string of the molecule is CC(C)(C)CCCNC1CCCCC1. The average molecular weight is 197 g/mol. The summed E-state index contributed by atoms with van der Waals surface area (Å²) in [6.07, 6.45) is 9.84. The first-order valence-corrected chi connectivity index (χ1v) is 6.31. The Morgan fingerprint density at radius 3 is 2.29 bits per heavy atom. The lowest BCUT2D eigenvalue weighted by Gasteiger charge is -2.24. The molecule has 1 aliphatic carbocycles. The summed E-state index contributed by atoms with van der Waals surface area (Å²) >= 11 is 0. The van der Waals surface area contributed by atoms with Crippen LogP contribution < -0.4 is 5.32 Å². The van der Waals surface area contributed by atoms with E-state index in [0.717, 1.165) is 6.04 Å². The smallest absolute Gasteiger partial charge is 0.00670 e. The van der Waals surface area contributed by atoms with Crippen LogP contribution in [0, 0.1) is 5.41 Å². The van der Waals surface area contributed by atoms with Gasteiger partial charge < -0.3 is 5.32 Å². The van der Waals surface area contributed by atoms with E-state index in [1.807, 2.05) is 0 Å². The van der Waals surface area contributed by atoms with Gasteiger partial charge in [-0.2, -0.15) is 0 Å². The molecule has 14 heavy (non-hydrogen) atoms. The molecule has 1 N–H and O–H groups in total. The Morgan fingerprint density at radius 1 is 1.07 bits per heavy atom. The molecule has 0 amide bonds. The summed E-state index contributed by atoms with van der Waals surface area (Å²) in [7, 11) is 0. The van der Waals surface area contributed by atoms with Gasteiger partial charge in [0.15, 0.2) is 0 Å². The summed E-state index contributed by atoms with van der Waals surface area (Å²) < 4.78 is 0. The molecular weight excluding hydrogens is 170 g/mol. The predicted molar refractivity (Wildman–Crippen MR) is 63.6 cm³/mol. The normalized spacial score (nSPS) is 19.9. The standard InChI is InChI=1S/C13H27N/c1-13(2,3)10-7-11-14-12-8-5-4-6-9-12/h12,14H,4-11H2,1-3H3. The van der Waals surface area contributed by atoms with Crippen LogP contribution in [0.4, 0.5) is 0 Å². The minimum atomic E-state index is 0.508. The van der Waals surface area contributed by atoms with Gasteiger partial charge in [0.2, 0.25) is 0 Å². The summed E-state index contributed by atoms with van der Waals surface area (Å²) in [4.78, 5) is 0. The van der Waals surface area contributed by atoms with Crippen LogP contribution >= 0.6 is 0 Å². The first kappa shape index (κ1) is 12.0. The zero-order valence-electron chi connectivity index (χ0n) is 10.2. The summed E-state index contributed by atoms with van der Waals surface area (Å²) in [6.45, 7) is 8.21. The highest BCUT2D eigenvalue weighted by atomic mass is 14.9. The average Bonchev–Trinajstić information content (AvgIpc) is 2.13. The van der Waals surface area contributed by atoms with Gasteiger partial charge in [-0.3, -0.25) is 0 Å². The van der Waals surface area contributed by atoms with Gasteiger partial charge in [0, 0.05) is 6.04 Å². The molecule has 0 aromatic carbocycles. The Bertz CT molecular complexity index is 140. The van der Waals surface area contributed by atoms with Gasteiger partial charge in [0.1, 0.15) is 0 Å². The summed E-state index contributed by atoms with van der Waals surface area (Å²) in [5.41, 5.74) is 0.508. The largest absolute Gasteiger partial charge is 0.314 e. The van der Waals surface area contributed by atoms with Crippen molar-refractivity contribution in [2.75, 3.05) is 6.54 Å². The van der Waals surface area contributed by atoms with Crippen LogP contribution in [0.3, 0.4) is 0 Å². The number of hydrogen-bond donors (Lipinski definition) is 1. The molecule has 1 saturated carbocycles. The topological polar surface area (TPSA) is 12.0 Å². The third kappa shape index (κ3) is 5.64. The van der Waals surface area contributed by atoms with E-state index < -0.39 is 0 Å². The van der Waals surface area contributed by atoms with Crippen LogP contribution in [-0.4, -0.2) is 12.6 Å². The molecule has 0 aromatic heterocycles. The zero-order chi connectivity index (χ0) is 10.4. The molecule has 0 radical (unpaired) electrons. The van der Waals surface area contributed by atoms with Crippen LogP contribution in [-0.2, 0) is 0 Å². The Labute approximate surface area is 89.7 Å². The molecule has 0 heterocycles. The van der Waals surface area contributed by atoms with Crippen molar-refractivity contribution in [3.63, 3.8) is 0 Å². The Morgan fingerprint density at radius 2 is 1.71 bits per heavy atom. The fourth-order valence-electron chi connectivity index (χ4n) is 2.23. The maximum atomic E-state index is 3.69. The molecule has 1 fully saturated rings. The molecule has 1 nitrogen and oxygen atoms in total. The van der Waals surface area contributed by atoms with Crippen molar-refractivity contribution in [3.05, 3.63) is 0 Å². The number of rotatable bonds is 4. The summed E-state index contributed by atoms with van der Waals surface area (Å²) in [5.74, 6) is 0. The second-order valence-electron chi connectivity index (χ2n) is 5.95. The predicted octanol–water partition coefficient (Wildman–Crippen LogP) is 3.74. The third-order valence-corrected chi connectivity index (χ3v) is 3.14. The lowest BCUT2D eigenvalue weighted by molar-refractivity contribution is 0.334. The molecule has 0 unspecified atom stereocenters. The second kappa shape index (κ2) is 5.75. The van der Waals surface area contributed by atoms with Gasteiger partial charge in [0.05, 0.1) is 0 Å². The van der Waals surface area contributed by atoms with E-state index in [4.69, 9.17) is 0 Å². The molecule has 0 aromatic rings. The van der Waals surface area contributed by atoms with Crippen molar-refractivity contribution in [1.82, 2.24) is 5.32 Å². The van der Waals surface area contributed by atoms with Gasteiger partial charge in [-0.25, -0.2) is 0 Å². The Hall–Kier alpha value is -0.0400. The first-order chi connectivity index (χ1) is 6.58. The molecule has 0 bridgehead atoms. The molecule has 1 rings (SSSR count). The lowest BCUT2D eigenvalue weighted by Crippen LogP contribution is -2.32. The van der Waals surface area contributed by atoms with Gasteiger partial charge in [-0.05, 0) is 37.6 Å². The Kier molecular flexibility index (Phi) is 4.94. The van der Waals surface area contributed by atoms with Crippen LogP contribution in [0.5, 0.6) is 0 Å². The number of hydrogen-bond acceptors (Lipinski definition) is 1. The lowest BCUT2D eigenvalue weighted by atomic mass is 9.90. The van der Waals surface area contributed by atoms with Crippen molar-refractivity contribution < 1.29 is 0 Å². The monoisotopic (exact) mass is 197 g/mol. The van der Waals surface area contributed by atoms with Gasteiger partial charge in [0.25, 0.3) is 0 Å². The fraction of sp³-hybridized carbons (Fsp3) is 1.00. The first-order valence-electron chi connectivity index (χ1n) is 6.31. The fourth-order valence-corrected chi connectivity index (χ4v) is 2.23. The van der Waals surface area contributed by atoms with E-state index in [1.165, 1.54) is 51.5 Å². The molecule has 1 aliphatic rings. The highest BCUT2D eigenvalue weighted by molar-refractivity contribution is 4.72. The van der Waals surface area contributed by atoms with Crippen LogP contribution in [0.2, 0.25) is 0 Å². The minimum absolute atomic E-state index is 0.508. The maximum Gasteiger partial charge on any atom is 0.00670 e. The van der Waals surface area contributed by atoms with Gasteiger partial charge >= 0.3 is 0 Å². The van der Waals surface area contributed by atoms with Crippen LogP contribution in [0.25, 0.3) is 0 Å². The summed E-state index contributed by atoms with van der Waals surface area (Å²) in [5, 5.41) is 3.69. The maximum absolute atomic E-state index is 3.69. The van der Waals surface area contributed by atoms with Crippen molar-refractivity contribution in [1.29, 1.82) is 0 Å². The van der Waals surface area contributed by atoms with Crippen molar-refractivity contribution in [2.24, 2.45) is 5.41 Å². The van der Waals surface area contributed by atoms with Crippen LogP contribution in [0.15, 0.2) is 0 Å². The van der Waals surface area contributed by atoms with Crippen molar-refractivity contribution in [3.8, 4) is 0 Å². The number of nitrogens with one attached hydrogen (secondary N) is 1. The van der Waals surface area contributed by atoms with E-state index >= 15 is 0 Å². The van der Waals surface area contributed by atoms with Crippen LogP contribution in [0.1, 0.15) is 65.7 Å². The van der Waals surface area contributed by atoms with E-state index in [0.29, 0.717) is 5.41 Å². The molecule has 0 saturated heterocycles. The zero-order valence-corrected chi connectivity index (χ0v) is 10.2. The second-order valence-corrected chi connectivity index (χ2v) is 5.95. The third-order valence-electron chi connectivity index (χ3n) is 3.14. The quantitative estimate of drug-likeness (QED) is 0.677. The highest BCUT2D eigenvalue weighted by Crippen LogP contribution is 2.21. The van der Waals surface area contributed by atoms with Gasteiger partial charge in [-0.1, -0.05) is 40.0 Å². The van der Waals surface area contributed by atoms with Crippen molar-refractivity contribution >= 4 is 0 Å². The molecular formula is C13H27N. The van der Waals surface area contributed by atoms with E-state index in [-0.39, 0.29) is 0 Å². The summed E-state index contributed by atoms with van der Waals surface area (Å²) in [6, 6.07) is 0.837. The van der Waals surface area contributed by atoms with E-state index in [9.17, 15) is 0 Å². The van der Waals surface area contributed by atoms with E-state index in [1.54, 1.807) is 0 Å². The molecule has 1 heteroatoms. The van der Waals surface area contributed by atoms with E-state index in [2.05, 4.69) is 26.1 Å². The highest BCUT2D eigenvalue weighted by Gasteiger charge is 2.13. The molecule has 0 aliphatic heterocycles. The minimum Gasteiger partial charge on any atom is -0.314 e. The van der Waals surface area contributed by atoms with Gasteiger partial charge in [-0.15, -0.1) is 0 Å². The van der Waals surface area contributed by atoms with Crippen molar-refractivity contribution in [2.45, 2.75) is 71.8 Å².